The number of thiol groups is 1. The molecule has 0 aliphatic rings. The van der Waals surface area contributed by atoms with Crippen LogP contribution in [0.15, 0.2) is 0 Å². The lowest BCUT2D eigenvalue weighted by molar-refractivity contribution is 0.123. The summed E-state index contributed by atoms with van der Waals surface area (Å²) in [6.45, 7) is -0.0284. The Labute approximate surface area is 68.7 Å². The van der Waals surface area contributed by atoms with E-state index in [2.05, 4.69) is 34.7 Å². The normalized spacial score (nSPS) is 8.50. The lowest BCUT2D eigenvalue weighted by atomic mass is 10.8. The van der Waals surface area contributed by atoms with Crippen molar-refractivity contribution in [2.24, 2.45) is 0 Å². The minimum absolute atomic E-state index is 0.00921. The van der Waals surface area contributed by atoms with Gasteiger partial charge in [-0.2, -0.15) is 0 Å². The third-order valence-electron chi connectivity index (χ3n) is 0.529. The van der Waals surface area contributed by atoms with Crippen LogP contribution in [-0.2, 0) is 22.1 Å². The Bertz CT molecular complexity index is 119. The predicted octanol–water partition coefficient (Wildman–Crippen LogP) is 0.736. The van der Waals surface area contributed by atoms with Gasteiger partial charge in [-0.1, -0.05) is 12.6 Å². The van der Waals surface area contributed by atoms with Crippen molar-refractivity contribution < 1.29 is 19.1 Å². The highest BCUT2D eigenvalue weighted by molar-refractivity contribution is 7.96. The Kier molecular flexibility index (Phi) is 5.05. The molecule has 0 bridgehead atoms. The zero-order valence-corrected chi connectivity index (χ0v) is 6.61. The largest absolute Gasteiger partial charge is 0.698 e. The van der Waals surface area contributed by atoms with Crippen LogP contribution in [0, 0.1) is 0 Å². The van der Waals surface area contributed by atoms with Crippen molar-refractivity contribution >= 4 is 35.9 Å². The van der Waals surface area contributed by atoms with Crippen LogP contribution in [0.1, 0.15) is 0 Å². The molecule has 0 spiro atoms. The number of hydrogen-bond acceptors (Lipinski definition) is 5. The molecule has 0 saturated heterocycles. The monoisotopic (exact) mass is 181 g/mol. The van der Waals surface area contributed by atoms with E-state index in [1.807, 2.05) is 0 Å². The van der Waals surface area contributed by atoms with Crippen molar-refractivity contribution in [1.82, 2.24) is 0 Å². The van der Waals surface area contributed by atoms with Crippen molar-refractivity contribution in [2.75, 3.05) is 13.2 Å². The van der Waals surface area contributed by atoms with Crippen LogP contribution in [0.5, 0.6) is 0 Å². The summed E-state index contributed by atoms with van der Waals surface area (Å²) in [5.41, 5.74) is 0. The maximum Gasteiger partial charge on any atom is 0.364 e. The van der Waals surface area contributed by atoms with Gasteiger partial charge in [0.1, 0.15) is 13.2 Å². The van der Waals surface area contributed by atoms with E-state index in [-0.39, 0.29) is 13.2 Å². The molecular weight excluding hydrogens is 176 g/mol. The summed E-state index contributed by atoms with van der Waals surface area (Å²) in [7, 11) is 0. The molecule has 0 unspecified atom stereocenters. The van der Waals surface area contributed by atoms with Crippen molar-refractivity contribution in [3.05, 3.63) is 0 Å². The van der Waals surface area contributed by atoms with Crippen molar-refractivity contribution in [3.63, 3.8) is 0 Å². The minimum atomic E-state index is -0.810. The molecule has 58 valence electrons. The first kappa shape index (κ1) is 9.51. The first-order valence-corrected chi connectivity index (χ1v) is 3.18. The molecule has 0 heterocycles. The molecule has 0 aliphatic carbocycles. The zero-order valence-electron chi connectivity index (χ0n) is 4.90. The van der Waals surface area contributed by atoms with Gasteiger partial charge in [0.05, 0.1) is 0 Å². The van der Waals surface area contributed by atoms with Gasteiger partial charge < -0.3 is 22.1 Å². The summed E-state index contributed by atoms with van der Waals surface area (Å²) in [5.74, 6) is 0. The Morgan fingerprint density at radius 3 is 2.20 bits per heavy atom. The Hall–Kier alpha value is -0.490. The molecule has 6 heteroatoms. The topological polar surface area (TPSA) is 52.6 Å². The summed E-state index contributed by atoms with van der Waals surface area (Å²) in [6.07, 6.45) is 0. The van der Waals surface area contributed by atoms with Gasteiger partial charge in [-0.25, -0.2) is 4.79 Å². The first-order chi connectivity index (χ1) is 4.63. The van der Waals surface area contributed by atoms with Crippen molar-refractivity contribution in [2.45, 2.75) is 0 Å². The quantitative estimate of drug-likeness (QED) is 0.301. The van der Waals surface area contributed by atoms with E-state index in [0.29, 0.717) is 0 Å². The van der Waals surface area contributed by atoms with Gasteiger partial charge in [-0.15, -0.1) is 0 Å². The average Bonchev–Trinajstić information content (AvgIpc) is 1.79. The molecule has 0 radical (unpaired) electrons. The predicted molar refractivity (Wildman–Crippen MR) is 39.0 cm³/mol. The minimum Gasteiger partial charge on any atom is -0.698 e. The summed E-state index contributed by atoms with van der Waals surface area (Å²) >= 11 is 7.33. The molecule has 0 aromatic heterocycles. The molecule has 0 atom stereocenters. The van der Waals surface area contributed by atoms with Gasteiger partial charge in [0.25, 0.3) is 0 Å². The number of ether oxygens (including phenoxy) is 2. The zero-order chi connectivity index (χ0) is 7.98. The van der Waals surface area contributed by atoms with Gasteiger partial charge >= 0.3 is 5.30 Å². The van der Waals surface area contributed by atoms with Gasteiger partial charge in [0, 0.05) is 0 Å². The second kappa shape index (κ2) is 5.31. The van der Waals surface area contributed by atoms with E-state index in [1.165, 1.54) is 0 Å². The van der Waals surface area contributed by atoms with Crippen molar-refractivity contribution in [3.8, 4) is 0 Å². The van der Waals surface area contributed by atoms with E-state index in [1.54, 1.807) is 0 Å². The second-order valence-electron chi connectivity index (χ2n) is 1.21. The highest BCUT2D eigenvalue weighted by Gasteiger charge is 1.92. The van der Waals surface area contributed by atoms with Crippen LogP contribution in [0.2, 0.25) is 0 Å². The maximum absolute atomic E-state index is 9.96. The van der Waals surface area contributed by atoms with Crippen LogP contribution in [0.3, 0.4) is 0 Å². The molecule has 10 heavy (non-hydrogen) atoms. The van der Waals surface area contributed by atoms with E-state index in [4.69, 9.17) is 0 Å². The fourth-order valence-corrected chi connectivity index (χ4v) is 0.429. The molecule has 0 N–H and O–H groups in total. The molecule has 0 aliphatic heterocycles. The third kappa shape index (κ3) is 7.51. The molecule has 0 fully saturated rings. The highest BCUT2D eigenvalue weighted by Crippen LogP contribution is 1.86. The van der Waals surface area contributed by atoms with Crippen LogP contribution < -0.4 is 0 Å². The molecule has 0 aromatic carbocycles. The van der Waals surface area contributed by atoms with Crippen LogP contribution in [0.4, 0.5) is 9.59 Å². The Morgan fingerprint density at radius 2 is 1.80 bits per heavy atom. The van der Waals surface area contributed by atoms with E-state index < -0.39 is 10.6 Å². The Balaban J connectivity index is 3.06. The molecule has 0 amide bonds. The standard InChI is InChI=1S/C4H6O4S2/c5-3(9)7-1-2-8-4(6)10/h1-2H2,(H,5,9)(H,6,10)/p-1. The molecule has 0 aromatic rings. The highest BCUT2D eigenvalue weighted by atomic mass is 32.1. The van der Waals surface area contributed by atoms with Gasteiger partial charge in [-0.05, 0) is 0 Å². The molecule has 0 rings (SSSR count). The fourth-order valence-electron chi connectivity index (χ4n) is 0.254. The number of rotatable bonds is 3. The van der Waals surface area contributed by atoms with Crippen LogP contribution in [-0.4, -0.2) is 23.8 Å². The summed E-state index contributed by atoms with van der Waals surface area (Å²) in [5, 5.41) is -1.52. The fraction of sp³-hybridized carbons (Fsp3) is 0.500. The van der Waals surface area contributed by atoms with Gasteiger partial charge in [0.2, 0.25) is 0 Å². The number of carbonyl (C=O) groups is 2. The van der Waals surface area contributed by atoms with Gasteiger partial charge in [-0.3, -0.25) is 4.79 Å². The average molecular weight is 181 g/mol. The van der Waals surface area contributed by atoms with Crippen LogP contribution in [0.25, 0.3) is 0 Å². The third-order valence-corrected chi connectivity index (χ3v) is 0.776. The lowest BCUT2D eigenvalue weighted by Gasteiger charge is -2.05. The van der Waals surface area contributed by atoms with E-state index in [0.717, 1.165) is 0 Å². The summed E-state index contributed by atoms with van der Waals surface area (Å²) < 4.78 is 8.55. The summed E-state index contributed by atoms with van der Waals surface area (Å²) in [6, 6.07) is 0. The maximum atomic E-state index is 9.96. The Morgan fingerprint density at radius 1 is 1.30 bits per heavy atom. The number of carbonyl (C=O) groups excluding carboxylic acids is 2. The van der Waals surface area contributed by atoms with E-state index >= 15 is 0 Å². The lowest BCUT2D eigenvalue weighted by Crippen LogP contribution is -2.07. The molecule has 0 saturated carbocycles. The summed E-state index contributed by atoms with van der Waals surface area (Å²) in [4.78, 5) is 19.9. The SMILES string of the molecule is O=C([S-])OCCOC(=O)S. The molecular formula is C4H5O4S2-. The second-order valence-corrected chi connectivity index (χ2v) is 1.91. The van der Waals surface area contributed by atoms with Crippen LogP contribution >= 0.6 is 12.6 Å². The van der Waals surface area contributed by atoms with E-state index in [9.17, 15) is 9.59 Å². The smallest absolute Gasteiger partial charge is 0.364 e. The molecule has 4 nitrogen and oxygen atoms in total. The van der Waals surface area contributed by atoms with Crippen molar-refractivity contribution in [1.29, 1.82) is 0 Å². The van der Waals surface area contributed by atoms with Gasteiger partial charge in [0.15, 0.2) is 5.30 Å². The number of hydrogen-bond donors (Lipinski definition) is 1. The first-order valence-electron chi connectivity index (χ1n) is 2.32.